The van der Waals surface area contributed by atoms with Crippen molar-refractivity contribution in [3.8, 4) is 16.9 Å². The number of carbonyl (C=O) groups is 1. The molecule has 0 bridgehead atoms. The summed E-state index contributed by atoms with van der Waals surface area (Å²) in [6.45, 7) is 0.294. The van der Waals surface area contributed by atoms with Crippen LogP contribution in [0.4, 0.5) is 18.9 Å². The number of aromatic nitrogens is 2. The van der Waals surface area contributed by atoms with Crippen LogP contribution in [0.2, 0.25) is 0 Å². The van der Waals surface area contributed by atoms with Crippen LogP contribution in [0.5, 0.6) is 0 Å². The van der Waals surface area contributed by atoms with Crippen molar-refractivity contribution < 1.29 is 18.0 Å². The lowest BCUT2D eigenvalue weighted by molar-refractivity contribution is -0.137. The van der Waals surface area contributed by atoms with Crippen molar-refractivity contribution in [1.82, 2.24) is 14.7 Å². The van der Waals surface area contributed by atoms with Crippen LogP contribution in [0.1, 0.15) is 11.1 Å². The van der Waals surface area contributed by atoms with Gasteiger partial charge in [0.1, 0.15) is 0 Å². The highest BCUT2D eigenvalue weighted by Crippen LogP contribution is 2.34. The number of benzene rings is 3. The van der Waals surface area contributed by atoms with Crippen LogP contribution < -0.4 is 5.32 Å². The number of halogens is 3. The summed E-state index contributed by atoms with van der Waals surface area (Å²) in [5, 5.41) is 7.14. The number of alkyl halides is 3. The summed E-state index contributed by atoms with van der Waals surface area (Å²) in [5.74, 6) is -0.532. The molecule has 0 fully saturated rings. The molecule has 0 atom stereocenters. The Morgan fingerprint density at radius 3 is 2.24 bits per heavy atom. The third-order valence-electron chi connectivity index (χ3n) is 5.22. The average Bonchev–Trinajstić information content (AvgIpc) is 3.23. The minimum absolute atomic E-state index is 0.0864. The van der Waals surface area contributed by atoms with Gasteiger partial charge in [0.25, 0.3) is 0 Å². The van der Waals surface area contributed by atoms with E-state index in [4.69, 9.17) is 5.10 Å². The second kappa shape index (κ2) is 9.93. The van der Waals surface area contributed by atoms with Gasteiger partial charge in [0.15, 0.2) is 0 Å². The summed E-state index contributed by atoms with van der Waals surface area (Å²) in [6.07, 6.45) is -2.64. The molecule has 34 heavy (non-hydrogen) atoms. The third-order valence-corrected chi connectivity index (χ3v) is 5.22. The molecular formula is C26H23F3N4O. The fourth-order valence-electron chi connectivity index (χ4n) is 3.70. The molecule has 0 aliphatic heterocycles. The van der Waals surface area contributed by atoms with Gasteiger partial charge in [0.2, 0.25) is 5.91 Å². The highest BCUT2D eigenvalue weighted by Gasteiger charge is 2.33. The van der Waals surface area contributed by atoms with E-state index in [2.05, 4.69) is 5.32 Å². The van der Waals surface area contributed by atoms with Gasteiger partial charge >= 0.3 is 6.18 Å². The van der Waals surface area contributed by atoms with Gasteiger partial charge in [-0.25, -0.2) is 4.68 Å². The highest BCUT2D eigenvalue weighted by atomic mass is 19.4. The fourth-order valence-corrected chi connectivity index (χ4v) is 3.70. The third kappa shape index (κ3) is 5.52. The number of nitrogens with one attached hydrogen (secondary N) is 1. The summed E-state index contributed by atoms with van der Waals surface area (Å²) in [7, 11) is 1.74. The van der Waals surface area contributed by atoms with Crippen LogP contribution in [-0.2, 0) is 17.5 Å². The normalized spacial score (nSPS) is 11.6. The molecule has 0 radical (unpaired) electrons. The summed E-state index contributed by atoms with van der Waals surface area (Å²) < 4.78 is 41.5. The van der Waals surface area contributed by atoms with Gasteiger partial charge in [0, 0.05) is 23.9 Å². The van der Waals surface area contributed by atoms with Crippen LogP contribution in [0, 0.1) is 0 Å². The van der Waals surface area contributed by atoms with E-state index < -0.39 is 17.6 Å². The van der Waals surface area contributed by atoms with Crippen molar-refractivity contribution in [2.24, 2.45) is 0 Å². The van der Waals surface area contributed by atoms with Gasteiger partial charge in [-0.1, -0.05) is 60.7 Å². The van der Waals surface area contributed by atoms with E-state index in [1.54, 1.807) is 16.6 Å². The van der Waals surface area contributed by atoms with Crippen LogP contribution >= 0.6 is 0 Å². The van der Waals surface area contributed by atoms with Crippen molar-refractivity contribution in [3.63, 3.8) is 0 Å². The molecule has 0 saturated heterocycles. The molecule has 0 saturated carbocycles. The second-order valence-electron chi connectivity index (χ2n) is 7.91. The topological polar surface area (TPSA) is 50.2 Å². The molecule has 4 rings (SSSR count). The van der Waals surface area contributed by atoms with E-state index in [-0.39, 0.29) is 12.2 Å². The molecule has 1 N–H and O–H groups in total. The number of para-hydroxylation sites is 2. The summed E-state index contributed by atoms with van der Waals surface area (Å²) in [4.78, 5) is 14.3. The summed E-state index contributed by atoms with van der Waals surface area (Å²) in [5.41, 5.74) is 2.37. The molecule has 0 aliphatic rings. The molecular weight excluding hydrogens is 441 g/mol. The molecule has 1 amide bonds. The number of nitrogens with zero attached hydrogens (tertiary/aromatic N) is 3. The minimum Gasteiger partial charge on any atom is -0.324 e. The Balaban J connectivity index is 1.52. The summed E-state index contributed by atoms with van der Waals surface area (Å²) >= 11 is 0. The van der Waals surface area contributed by atoms with Crippen molar-refractivity contribution in [1.29, 1.82) is 0 Å². The Morgan fingerprint density at radius 1 is 0.941 bits per heavy atom. The Kier molecular flexibility index (Phi) is 6.79. The van der Waals surface area contributed by atoms with Crippen LogP contribution in [0.15, 0.2) is 91.1 Å². The molecule has 174 valence electrons. The smallest absolute Gasteiger partial charge is 0.324 e. The van der Waals surface area contributed by atoms with Gasteiger partial charge < -0.3 is 5.32 Å². The molecule has 0 unspecified atom stereocenters. The maximum atomic E-state index is 13.2. The zero-order valence-corrected chi connectivity index (χ0v) is 18.5. The minimum atomic E-state index is -4.55. The number of likely N-dealkylation sites (N-methyl/N-ethyl adjacent to an activating group) is 1. The number of anilines is 1. The largest absolute Gasteiger partial charge is 0.418 e. The quantitative estimate of drug-likeness (QED) is 0.386. The lowest BCUT2D eigenvalue weighted by atomic mass is 10.1. The van der Waals surface area contributed by atoms with Crippen LogP contribution in [0.25, 0.3) is 16.9 Å². The zero-order valence-electron chi connectivity index (χ0n) is 18.5. The van der Waals surface area contributed by atoms with E-state index in [0.29, 0.717) is 6.54 Å². The number of amides is 1. The first-order valence-corrected chi connectivity index (χ1v) is 10.7. The lowest BCUT2D eigenvalue weighted by Crippen LogP contribution is -2.30. The van der Waals surface area contributed by atoms with Gasteiger partial charge in [-0.05, 0) is 31.3 Å². The Morgan fingerprint density at radius 2 is 1.56 bits per heavy atom. The molecule has 8 heteroatoms. The van der Waals surface area contributed by atoms with E-state index in [9.17, 15) is 18.0 Å². The first-order valence-electron chi connectivity index (χ1n) is 10.7. The number of hydrogen-bond acceptors (Lipinski definition) is 3. The van der Waals surface area contributed by atoms with Crippen molar-refractivity contribution in [2.75, 3.05) is 18.9 Å². The Bertz CT molecular complexity index is 1250. The molecule has 1 heterocycles. The average molecular weight is 464 g/mol. The standard InChI is InChI=1S/C26H23F3N4O/c1-32(18-24(34)30-23-15-9-8-14-22(23)26(27,28)29)16-20-17-33(21-12-6-3-7-13-21)31-25(20)19-10-4-2-5-11-19/h2-15,17H,16,18H2,1H3,(H,30,34). The fraction of sp³-hybridized carbons (Fsp3) is 0.154. The lowest BCUT2D eigenvalue weighted by Gasteiger charge is -2.18. The maximum Gasteiger partial charge on any atom is 0.418 e. The Hall–Kier alpha value is -3.91. The van der Waals surface area contributed by atoms with E-state index in [0.717, 1.165) is 28.6 Å². The van der Waals surface area contributed by atoms with Gasteiger partial charge in [0.05, 0.1) is 29.2 Å². The van der Waals surface area contributed by atoms with Gasteiger partial charge in [-0.3, -0.25) is 9.69 Å². The maximum absolute atomic E-state index is 13.2. The predicted molar refractivity (Wildman–Crippen MR) is 125 cm³/mol. The predicted octanol–water partition coefficient (Wildman–Crippen LogP) is 5.63. The van der Waals surface area contributed by atoms with E-state index >= 15 is 0 Å². The molecule has 3 aromatic carbocycles. The first kappa shape index (κ1) is 23.3. The molecule has 5 nitrogen and oxygen atoms in total. The molecule has 1 aromatic heterocycles. The number of rotatable bonds is 7. The highest BCUT2D eigenvalue weighted by molar-refractivity contribution is 5.93. The first-order chi connectivity index (χ1) is 16.3. The molecule has 4 aromatic rings. The summed E-state index contributed by atoms with van der Waals surface area (Å²) in [6, 6.07) is 24.3. The number of carbonyl (C=O) groups excluding carboxylic acids is 1. The second-order valence-corrected chi connectivity index (χ2v) is 7.91. The monoisotopic (exact) mass is 464 g/mol. The SMILES string of the molecule is CN(CC(=O)Nc1ccccc1C(F)(F)F)Cc1cn(-c2ccccc2)nc1-c1ccccc1. The molecule has 0 spiro atoms. The van der Waals surface area contributed by atoms with Gasteiger partial charge in [-0.2, -0.15) is 18.3 Å². The van der Waals surface area contributed by atoms with E-state index in [1.165, 1.54) is 18.2 Å². The van der Waals surface area contributed by atoms with Crippen molar-refractivity contribution in [2.45, 2.75) is 12.7 Å². The van der Waals surface area contributed by atoms with Crippen LogP contribution in [-0.4, -0.2) is 34.2 Å². The number of hydrogen-bond donors (Lipinski definition) is 1. The zero-order chi connectivity index (χ0) is 24.1. The van der Waals surface area contributed by atoms with Crippen molar-refractivity contribution in [3.05, 3.63) is 102 Å². The van der Waals surface area contributed by atoms with Crippen molar-refractivity contribution >= 4 is 11.6 Å². The van der Waals surface area contributed by atoms with E-state index in [1.807, 2.05) is 66.9 Å². The Labute approximate surface area is 195 Å². The van der Waals surface area contributed by atoms with Crippen LogP contribution in [0.3, 0.4) is 0 Å². The van der Waals surface area contributed by atoms with Gasteiger partial charge in [-0.15, -0.1) is 0 Å². The molecule has 0 aliphatic carbocycles.